The summed E-state index contributed by atoms with van der Waals surface area (Å²) in [6.07, 6.45) is 6.71. The molecular weight excluding hydrogens is 215 g/mol. The second kappa shape index (κ2) is 5.18. The van der Waals surface area contributed by atoms with Crippen molar-refractivity contribution < 1.29 is 9.13 Å². The smallest absolute Gasteiger partial charge is 0.165 e. The minimum absolute atomic E-state index is 0.167. The maximum atomic E-state index is 13.5. The average molecular weight is 225 g/mol. The van der Waals surface area contributed by atoms with Crippen molar-refractivity contribution >= 4 is 0 Å². The van der Waals surface area contributed by atoms with E-state index in [1.165, 1.54) is 6.07 Å². The molecule has 2 rings (SSSR count). The molecule has 0 N–H and O–H groups in total. The molecule has 0 saturated heterocycles. The molecule has 0 amide bonds. The number of para-hydroxylation sites is 1. The maximum Gasteiger partial charge on any atom is 0.165 e. The summed E-state index contributed by atoms with van der Waals surface area (Å²) in [5.74, 6) is 2.73. The van der Waals surface area contributed by atoms with Crippen molar-refractivity contribution in [2.45, 2.75) is 0 Å². The first-order chi connectivity index (χ1) is 8.29. The average Bonchev–Trinajstić information content (AvgIpc) is 2.35. The van der Waals surface area contributed by atoms with Crippen LogP contribution in [0.15, 0.2) is 48.5 Å². The molecule has 1 nitrogen and oxygen atoms in total. The zero-order valence-corrected chi connectivity index (χ0v) is 9.06. The van der Waals surface area contributed by atoms with E-state index in [9.17, 15) is 4.39 Å². The van der Waals surface area contributed by atoms with Gasteiger partial charge in [0.15, 0.2) is 11.6 Å². The van der Waals surface area contributed by atoms with E-state index in [0.717, 1.165) is 5.56 Å². The van der Waals surface area contributed by atoms with Crippen molar-refractivity contribution in [3.8, 4) is 23.8 Å². The second-order valence-electron chi connectivity index (χ2n) is 3.42. The number of rotatable bonds is 3. The van der Waals surface area contributed by atoms with E-state index >= 15 is 0 Å². The van der Waals surface area contributed by atoms with Gasteiger partial charge in [0.2, 0.25) is 0 Å². The van der Waals surface area contributed by atoms with Gasteiger partial charge >= 0.3 is 0 Å². The Morgan fingerprint density at radius 2 is 1.88 bits per heavy atom. The fourth-order valence-electron chi connectivity index (χ4n) is 1.40. The van der Waals surface area contributed by atoms with E-state index < -0.39 is 5.82 Å². The summed E-state index contributed by atoms with van der Waals surface area (Å²) < 4.78 is 18.9. The molecule has 2 heteroatoms. The van der Waals surface area contributed by atoms with Crippen molar-refractivity contribution in [1.29, 1.82) is 0 Å². The van der Waals surface area contributed by atoms with Gasteiger partial charge in [-0.1, -0.05) is 30.2 Å². The zero-order chi connectivity index (χ0) is 12.1. The van der Waals surface area contributed by atoms with Gasteiger partial charge in [-0.25, -0.2) is 4.39 Å². The lowest BCUT2D eigenvalue weighted by Gasteiger charge is -2.07. The van der Waals surface area contributed by atoms with Crippen LogP contribution < -0.4 is 4.74 Å². The van der Waals surface area contributed by atoms with Gasteiger partial charge < -0.3 is 4.74 Å². The van der Waals surface area contributed by atoms with Gasteiger partial charge in [-0.2, -0.15) is 0 Å². The normalized spacial score (nSPS) is 9.65. The van der Waals surface area contributed by atoms with E-state index in [1.807, 2.05) is 18.2 Å². The first-order valence-electron chi connectivity index (χ1n) is 5.11. The molecule has 0 fully saturated rings. The fraction of sp³-hybridized carbons (Fsp3) is 0. The van der Waals surface area contributed by atoms with Crippen LogP contribution >= 0.6 is 0 Å². The minimum Gasteiger partial charge on any atom is -0.454 e. The predicted octanol–water partition coefficient (Wildman–Crippen LogP) is 3.80. The molecule has 0 aromatic heterocycles. The lowest BCUT2D eigenvalue weighted by atomic mass is 10.1. The van der Waals surface area contributed by atoms with E-state index in [-0.39, 0.29) is 5.75 Å². The fourth-order valence-corrected chi connectivity index (χ4v) is 1.40. The molecule has 2 aromatic carbocycles. The van der Waals surface area contributed by atoms with Crippen molar-refractivity contribution in [1.82, 2.24) is 0 Å². The highest BCUT2D eigenvalue weighted by atomic mass is 19.1. The molecule has 0 aliphatic rings. The SMILES string of the molecule is C#C[CH]c1ccc(F)c(Oc2ccccc2)c1. The van der Waals surface area contributed by atoms with Crippen LogP contribution in [0.2, 0.25) is 0 Å². The number of halogens is 1. The summed E-state index contributed by atoms with van der Waals surface area (Å²) in [5.41, 5.74) is 0.736. The molecule has 0 heterocycles. The third kappa shape index (κ3) is 2.85. The first kappa shape index (κ1) is 11.2. The summed E-state index contributed by atoms with van der Waals surface area (Å²) in [7, 11) is 0. The summed E-state index contributed by atoms with van der Waals surface area (Å²) in [6.45, 7) is 0. The molecule has 2 aromatic rings. The van der Waals surface area contributed by atoms with Crippen molar-refractivity contribution in [3.63, 3.8) is 0 Å². The van der Waals surface area contributed by atoms with Crippen LogP contribution in [0.3, 0.4) is 0 Å². The molecular formula is C15H10FO. The molecule has 0 bridgehead atoms. The Labute approximate surface area is 99.9 Å². The molecule has 0 unspecified atom stereocenters. The second-order valence-corrected chi connectivity index (χ2v) is 3.42. The number of hydrogen-bond donors (Lipinski definition) is 0. The third-order valence-electron chi connectivity index (χ3n) is 2.18. The van der Waals surface area contributed by atoms with Gasteiger partial charge in [0.05, 0.1) is 6.42 Å². The summed E-state index contributed by atoms with van der Waals surface area (Å²) in [5, 5.41) is 0. The van der Waals surface area contributed by atoms with Gasteiger partial charge in [-0.3, -0.25) is 0 Å². The Kier molecular flexibility index (Phi) is 3.42. The highest BCUT2D eigenvalue weighted by Crippen LogP contribution is 2.25. The van der Waals surface area contributed by atoms with Gasteiger partial charge in [0, 0.05) is 0 Å². The van der Waals surface area contributed by atoms with Gasteiger partial charge in [-0.15, -0.1) is 6.42 Å². The number of hydrogen-bond acceptors (Lipinski definition) is 1. The van der Waals surface area contributed by atoms with E-state index in [4.69, 9.17) is 11.2 Å². The monoisotopic (exact) mass is 225 g/mol. The zero-order valence-electron chi connectivity index (χ0n) is 9.06. The van der Waals surface area contributed by atoms with Gasteiger partial charge in [0.1, 0.15) is 5.75 Å². The van der Waals surface area contributed by atoms with Crippen LogP contribution in [0.5, 0.6) is 11.5 Å². The largest absolute Gasteiger partial charge is 0.454 e. The molecule has 83 valence electrons. The van der Waals surface area contributed by atoms with E-state index in [0.29, 0.717) is 5.75 Å². The van der Waals surface area contributed by atoms with E-state index in [2.05, 4.69) is 5.92 Å². The summed E-state index contributed by atoms with van der Waals surface area (Å²) in [4.78, 5) is 0. The minimum atomic E-state index is -0.414. The molecule has 0 aliphatic heterocycles. The maximum absolute atomic E-state index is 13.5. The Morgan fingerprint density at radius 1 is 1.12 bits per heavy atom. The van der Waals surface area contributed by atoms with Gasteiger partial charge in [0.25, 0.3) is 0 Å². The Hall–Kier alpha value is -2.27. The van der Waals surface area contributed by atoms with Crippen LogP contribution in [-0.4, -0.2) is 0 Å². The van der Waals surface area contributed by atoms with Gasteiger partial charge in [-0.05, 0) is 29.8 Å². The summed E-state index contributed by atoms with van der Waals surface area (Å²) >= 11 is 0. The number of terminal acetylenes is 1. The molecule has 17 heavy (non-hydrogen) atoms. The van der Waals surface area contributed by atoms with Crippen LogP contribution in [0.1, 0.15) is 5.56 Å². The van der Waals surface area contributed by atoms with E-state index in [1.54, 1.807) is 30.7 Å². The third-order valence-corrected chi connectivity index (χ3v) is 2.18. The predicted molar refractivity (Wildman–Crippen MR) is 65.2 cm³/mol. The summed E-state index contributed by atoms with van der Waals surface area (Å²) in [6, 6.07) is 13.5. The highest BCUT2D eigenvalue weighted by molar-refractivity contribution is 5.40. The molecule has 0 saturated carbocycles. The van der Waals surface area contributed by atoms with Crippen LogP contribution in [0.4, 0.5) is 4.39 Å². The van der Waals surface area contributed by atoms with Crippen molar-refractivity contribution in [2.75, 3.05) is 0 Å². The first-order valence-corrected chi connectivity index (χ1v) is 5.11. The topological polar surface area (TPSA) is 9.23 Å². The molecule has 1 radical (unpaired) electrons. The molecule has 0 atom stereocenters. The lowest BCUT2D eigenvalue weighted by molar-refractivity contribution is 0.442. The molecule has 0 spiro atoms. The lowest BCUT2D eigenvalue weighted by Crippen LogP contribution is -1.90. The number of benzene rings is 2. The van der Waals surface area contributed by atoms with Crippen molar-refractivity contribution in [2.24, 2.45) is 0 Å². The Morgan fingerprint density at radius 3 is 2.59 bits per heavy atom. The van der Waals surface area contributed by atoms with Crippen LogP contribution in [0.25, 0.3) is 0 Å². The van der Waals surface area contributed by atoms with Crippen LogP contribution in [0, 0.1) is 24.6 Å². The van der Waals surface area contributed by atoms with Crippen LogP contribution in [-0.2, 0) is 0 Å². The Balaban J connectivity index is 2.26. The van der Waals surface area contributed by atoms with Crippen molar-refractivity contribution in [3.05, 3.63) is 66.3 Å². The number of ether oxygens (including phenoxy) is 1. The molecule has 0 aliphatic carbocycles. The standard InChI is InChI=1S/C15H10FO/c1-2-6-12-9-10-14(16)15(11-12)17-13-7-4-3-5-8-13/h1,3-11H. The quantitative estimate of drug-likeness (QED) is 0.722. The Bertz CT molecular complexity index is 541. The highest BCUT2D eigenvalue weighted by Gasteiger charge is 2.05.